The van der Waals surface area contributed by atoms with Crippen molar-refractivity contribution in [2.24, 2.45) is 4.99 Å². The Kier molecular flexibility index (Phi) is 9.36. The minimum atomic E-state index is 0. The molecule has 23 heavy (non-hydrogen) atoms. The van der Waals surface area contributed by atoms with E-state index < -0.39 is 0 Å². The largest absolute Gasteiger partial charge is 0.374 e. The third-order valence-corrected chi connectivity index (χ3v) is 4.25. The second-order valence-electron chi connectivity index (χ2n) is 6.05. The number of hydrogen-bond donors (Lipinski definition) is 2. The molecule has 0 fully saturated rings. The SMILES string of the molecule is CCCCCNC(=NC)NCc1ccc2c(c1)CCCN2C.I. The maximum atomic E-state index is 4.29. The molecule has 0 saturated carbocycles. The number of unbranched alkanes of at least 4 members (excludes halogenated alkanes) is 2. The van der Waals surface area contributed by atoms with Crippen LogP contribution in [0.4, 0.5) is 5.69 Å². The van der Waals surface area contributed by atoms with Crippen LogP contribution in [0.15, 0.2) is 23.2 Å². The van der Waals surface area contributed by atoms with Crippen LogP contribution in [0.5, 0.6) is 0 Å². The van der Waals surface area contributed by atoms with Gasteiger partial charge in [-0.25, -0.2) is 0 Å². The molecule has 2 rings (SSSR count). The molecular formula is C18H31IN4. The van der Waals surface area contributed by atoms with Gasteiger partial charge in [0.2, 0.25) is 0 Å². The van der Waals surface area contributed by atoms with Gasteiger partial charge in [0.05, 0.1) is 0 Å². The summed E-state index contributed by atoms with van der Waals surface area (Å²) in [6.45, 7) is 5.20. The number of benzene rings is 1. The van der Waals surface area contributed by atoms with Crippen molar-refractivity contribution < 1.29 is 0 Å². The van der Waals surface area contributed by atoms with Crippen molar-refractivity contribution in [3.63, 3.8) is 0 Å². The van der Waals surface area contributed by atoms with E-state index in [4.69, 9.17) is 0 Å². The van der Waals surface area contributed by atoms with Gasteiger partial charge in [-0.15, -0.1) is 24.0 Å². The predicted octanol–water partition coefficient (Wildman–Crippen LogP) is 3.54. The van der Waals surface area contributed by atoms with Crippen molar-refractivity contribution in [3.05, 3.63) is 29.3 Å². The number of hydrogen-bond acceptors (Lipinski definition) is 2. The van der Waals surface area contributed by atoms with Crippen molar-refractivity contribution in [2.75, 3.05) is 32.1 Å². The molecule has 1 aromatic rings. The van der Waals surface area contributed by atoms with Crippen LogP contribution >= 0.6 is 24.0 Å². The fourth-order valence-corrected chi connectivity index (χ4v) is 2.94. The minimum absolute atomic E-state index is 0. The standard InChI is InChI=1S/C18H30N4.HI/c1-4-5-6-11-20-18(19-2)21-14-15-9-10-17-16(13-15)8-7-12-22(17)3;/h9-10,13H,4-8,11-12,14H2,1-3H3,(H2,19,20,21);1H. The highest BCUT2D eigenvalue weighted by molar-refractivity contribution is 14.0. The van der Waals surface area contributed by atoms with Crippen molar-refractivity contribution in [1.29, 1.82) is 0 Å². The van der Waals surface area contributed by atoms with E-state index in [1.165, 1.54) is 55.5 Å². The maximum absolute atomic E-state index is 4.29. The summed E-state index contributed by atoms with van der Waals surface area (Å²) in [6.07, 6.45) is 6.15. The number of rotatable bonds is 6. The van der Waals surface area contributed by atoms with Crippen molar-refractivity contribution in [3.8, 4) is 0 Å². The van der Waals surface area contributed by atoms with E-state index in [-0.39, 0.29) is 24.0 Å². The Morgan fingerprint density at radius 1 is 1.26 bits per heavy atom. The Bertz CT molecular complexity index is 502. The first-order valence-corrected chi connectivity index (χ1v) is 8.52. The zero-order chi connectivity index (χ0) is 15.8. The average molecular weight is 430 g/mol. The lowest BCUT2D eigenvalue weighted by Crippen LogP contribution is -2.37. The maximum Gasteiger partial charge on any atom is 0.191 e. The summed E-state index contributed by atoms with van der Waals surface area (Å²) in [6, 6.07) is 6.81. The topological polar surface area (TPSA) is 39.7 Å². The summed E-state index contributed by atoms with van der Waals surface area (Å²) < 4.78 is 0. The van der Waals surface area contributed by atoms with Crippen LogP contribution in [0.1, 0.15) is 43.7 Å². The van der Waals surface area contributed by atoms with E-state index in [2.05, 4.69) is 52.7 Å². The number of guanidine groups is 1. The number of nitrogens with one attached hydrogen (secondary N) is 2. The first-order valence-electron chi connectivity index (χ1n) is 8.52. The molecule has 5 heteroatoms. The number of aliphatic imine (C=N–C) groups is 1. The Hall–Kier alpha value is -0.980. The van der Waals surface area contributed by atoms with E-state index >= 15 is 0 Å². The van der Waals surface area contributed by atoms with Gasteiger partial charge < -0.3 is 15.5 Å². The van der Waals surface area contributed by atoms with Gasteiger partial charge in [0.15, 0.2) is 5.96 Å². The molecule has 0 unspecified atom stereocenters. The zero-order valence-corrected chi connectivity index (χ0v) is 17.0. The number of anilines is 1. The molecule has 0 aromatic heterocycles. The summed E-state index contributed by atoms with van der Waals surface area (Å²) in [4.78, 5) is 6.64. The van der Waals surface area contributed by atoms with Crippen LogP contribution in [-0.4, -0.2) is 33.1 Å². The Labute approximate surface area is 158 Å². The quantitative estimate of drug-likeness (QED) is 0.314. The molecule has 0 amide bonds. The number of fused-ring (bicyclic) bond motifs is 1. The molecule has 1 aromatic carbocycles. The molecule has 0 spiro atoms. The summed E-state index contributed by atoms with van der Waals surface area (Å²) in [5.41, 5.74) is 4.18. The molecule has 4 nitrogen and oxygen atoms in total. The normalized spacial score (nSPS) is 14.0. The predicted molar refractivity (Wildman–Crippen MR) is 111 cm³/mol. The second-order valence-corrected chi connectivity index (χ2v) is 6.05. The van der Waals surface area contributed by atoms with Crippen molar-refractivity contribution in [1.82, 2.24) is 10.6 Å². The molecular weight excluding hydrogens is 399 g/mol. The first kappa shape index (κ1) is 20.1. The van der Waals surface area contributed by atoms with Gasteiger partial charge in [-0.3, -0.25) is 4.99 Å². The highest BCUT2D eigenvalue weighted by Crippen LogP contribution is 2.26. The van der Waals surface area contributed by atoms with Crippen molar-refractivity contribution >= 4 is 35.6 Å². The lowest BCUT2D eigenvalue weighted by molar-refractivity contribution is 0.682. The molecule has 1 heterocycles. The summed E-state index contributed by atoms with van der Waals surface area (Å²) in [7, 11) is 4.01. The molecule has 1 aliphatic heterocycles. The monoisotopic (exact) mass is 430 g/mol. The molecule has 0 bridgehead atoms. The summed E-state index contributed by atoms with van der Waals surface area (Å²) in [5.74, 6) is 0.894. The Balaban J connectivity index is 0.00000264. The van der Waals surface area contributed by atoms with E-state index in [1.807, 2.05) is 7.05 Å². The van der Waals surface area contributed by atoms with Gasteiger partial charge >= 0.3 is 0 Å². The highest BCUT2D eigenvalue weighted by Gasteiger charge is 2.13. The summed E-state index contributed by atoms with van der Waals surface area (Å²) >= 11 is 0. The molecule has 0 aliphatic carbocycles. The zero-order valence-electron chi connectivity index (χ0n) is 14.7. The molecule has 0 saturated heterocycles. The van der Waals surface area contributed by atoms with Crippen LogP contribution in [0.25, 0.3) is 0 Å². The number of nitrogens with zero attached hydrogens (tertiary/aromatic N) is 2. The van der Waals surface area contributed by atoms with Crippen LogP contribution in [0.3, 0.4) is 0 Å². The number of halogens is 1. The number of aryl methyl sites for hydroxylation is 1. The van der Waals surface area contributed by atoms with Gasteiger partial charge in [-0.2, -0.15) is 0 Å². The Morgan fingerprint density at radius 2 is 2.09 bits per heavy atom. The fourth-order valence-electron chi connectivity index (χ4n) is 2.94. The van der Waals surface area contributed by atoms with E-state index in [0.29, 0.717) is 0 Å². The molecule has 130 valence electrons. The van der Waals surface area contributed by atoms with Crippen LogP contribution in [0.2, 0.25) is 0 Å². The van der Waals surface area contributed by atoms with E-state index in [9.17, 15) is 0 Å². The van der Waals surface area contributed by atoms with Gasteiger partial charge in [-0.1, -0.05) is 31.9 Å². The van der Waals surface area contributed by atoms with Gasteiger partial charge in [-0.05, 0) is 36.5 Å². The average Bonchev–Trinajstić information content (AvgIpc) is 2.54. The van der Waals surface area contributed by atoms with Gasteiger partial charge in [0.1, 0.15) is 0 Å². The van der Waals surface area contributed by atoms with E-state index in [1.54, 1.807) is 0 Å². The minimum Gasteiger partial charge on any atom is -0.374 e. The molecule has 0 atom stereocenters. The lowest BCUT2D eigenvalue weighted by atomic mass is 9.99. The first-order chi connectivity index (χ1) is 10.7. The molecule has 1 aliphatic rings. The van der Waals surface area contributed by atoms with Crippen LogP contribution in [-0.2, 0) is 13.0 Å². The highest BCUT2D eigenvalue weighted by atomic mass is 127. The summed E-state index contributed by atoms with van der Waals surface area (Å²) in [5, 5.41) is 6.78. The molecule has 0 radical (unpaired) electrons. The van der Waals surface area contributed by atoms with Gasteiger partial charge in [0, 0.05) is 39.4 Å². The Morgan fingerprint density at radius 3 is 2.83 bits per heavy atom. The third kappa shape index (κ3) is 6.20. The molecule has 2 N–H and O–H groups in total. The smallest absolute Gasteiger partial charge is 0.191 e. The third-order valence-electron chi connectivity index (χ3n) is 4.25. The van der Waals surface area contributed by atoms with Crippen LogP contribution < -0.4 is 15.5 Å². The second kappa shape index (κ2) is 10.7. The lowest BCUT2D eigenvalue weighted by Gasteiger charge is -2.28. The van der Waals surface area contributed by atoms with Gasteiger partial charge in [0.25, 0.3) is 0 Å². The van der Waals surface area contributed by atoms with Crippen LogP contribution in [0, 0.1) is 0 Å². The fraction of sp³-hybridized carbons (Fsp3) is 0.611. The van der Waals surface area contributed by atoms with Crippen molar-refractivity contribution in [2.45, 2.75) is 45.6 Å². The van der Waals surface area contributed by atoms with E-state index in [0.717, 1.165) is 19.0 Å².